The number of rotatable bonds is 6. The molecule has 3 N–H and O–H groups in total. The van der Waals surface area contributed by atoms with E-state index in [1.54, 1.807) is 30.5 Å². The number of carbonyl (C=O) groups is 2. The highest BCUT2D eigenvalue weighted by molar-refractivity contribution is 5.96. The van der Waals surface area contributed by atoms with Gasteiger partial charge in [0.15, 0.2) is 0 Å². The summed E-state index contributed by atoms with van der Waals surface area (Å²) in [6.45, 7) is 6.14. The normalized spacial score (nSPS) is 20.8. The summed E-state index contributed by atoms with van der Waals surface area (Å²) in [5.74, 6) is 0.714. The smallest absolute Gasteiger partial charge is 0.319 e. The van der Waals surface area contributed by atoms with Crippen LogP contribution in [0.5, 0.6) is 0 Å². The van der Waals surface area contributed by atoms with Gasteiger partial charge in [-0.2, -0.15) is 0 Å². The molecule has 1 aromatic heterocycles. The number of nitrogens with one attached hydrogen (secondary N) is 3. The average Bonchev–Trinajstić information content (AvgIpc) is 3.55. The fourth-order valence-corrected chi connectivity index (χ4v) is 3.68. The van der Waals surface area contributed by atoms with Crippen molar-refractivity contribution in [3.63, 3.8) is 0 Å². The van der Waals surface area contributed by atoms with E-state index in [4.69, 9.17) is 4.74 Å². The predicted octanol–water partition coefficient (Wildman–Crippen LogP) is 2.91. The molecule has 3 amide bonds. The van der Waals surface area contributed by atoms with Gasteiger partial charge in [0.05, 0.1) is 12.2 Å². The van der Waals surface area contributed by atoms with Crippen LogP contribution < -0.4 is 20.9 Å². The van der Waals surface area contributed by atoms with Crippen LogP contribution in [0, 0.1) is 0 Å². The molecule has 0 radical (unpaired) electrons. The zero-order valence-electron chi connectivity index (χ0n) is 17.9. The van der Waals surface area contributed by atoms with Gasteiger partial charge in [0.25, 0.3) is 5.91 Å². The first-order valence-electron chi connectivity index (χ1n) is 10.8. The Morgan fingerprint density at radius 1 is 1.13 bits per heavy atom. The van der Waals surface area contributed by atoms with E-state index >= 15 is 0 Å². The van der Waals surface area contributed by atoms with Crippen molar-refractivity contribution in [2.24, 2.45) is 0 Å². The zero-order chi connectivity index (χ0) is 21.8. The number of benzene rings is 1. The van der Waals surface area contributed by atoms with Crippen LogP contribution in [0.1, 0.15) is 42.6 Å². The van der Waals surface area contributed by atoms with E-state index in [0.29, 0.717) is 17.8 Å². The Hall–Kier alpha value is -3.13. The molecule has 2 unspecified atom stereocenters. The van der Waals surface area contributed by atoms with Gasteiger partial charge in [0.2, 0.25) is 0 Å². The molecule has 1 saturated carbocycles. The number of hydrogen-bond donors (Lipinski definition) is 3. The molecule has 1 saturated heterocycles. The minimum Gasteiger partial charge on any atom is -0.372 e. The van der Waals surface area contributed by atoms with Crippen molar-refractivity contribution in [2.75, 3.05) is 23.3 Å². The van der Waals surface area contributed by atoms with Gasteiger partial charge in [-0.15, -0.1) is 0 Å². The molecule has 164 valence electrons. The number of aromatic nitrogens is 1. The predicted molar refractivity (Wildman–Crippen MR) is 119 cm³/mol. The molecule has 1 aliphatic heterocycles. The minimum absolute atomic E-state index is 0.176. The first kappa shape index (κ1) is 21.1. The first-order chi connectivity index (χ1) is 15.0. The average molecular weight is 424 g/mol. The molecule has 0 spiro atoms. The van der Waals surface area contributed by atoms with Crippen molar-refractivity contribution in [1.82, 2.24) is 15.6 Å². The lowest BCUT2D eigenvalue weighted by molar-refractivity contribution is -0.00546. The molecule has 31 heavy (non-hydrogen) atoms. The molecular formula is C23H29N5O3. The van der Waals surface area contributed by atoms with Crippen molar-refractivity contribution >= 4 is 23.4 Å². The van der Waals surface area contributed by atoms with Crippen LogP contribution in [0.25, 0.3) is 0 Å². The third-order valence-electron chi connectivity index (χ3n) is 5.30. The van der Waals surface area contributed by atoms with Gasteiger partial charge in [-0.25, -0.2) is 9.78 Å². The molecule has 1 aliphatic carbocycles. The molecule has 0 bridgehead atoms. The minimum atomic E-state index is -0.240. The Labute approximate surface area is 182 Å². The van der Waals surface area contributed by atoms with E-state index in [9.17, 15) is 9.59 Å². The topological polar surface area (TPSA) is 95.6 Å². The van der Waals surface area contributed by atoms with Crippen molar-refractivity contribution in [2.45, 2.75) is 51.5 Å². The van der Waals surface area contributed by atoms with Crippen LogP contribution in [0.15, 0.2) is 42.6 Å². The zero-order valence-corrected chi connectivity index (χ0v) is 17.9. The van der Waals surface area contributed by atoms with Crippen LogP contribution in [0.3, 0.4) is 0 Å². The van der Waals surface area contributed by atoms with E-state index < -0.39 is 0 Å². The highest BCUT2D eigenvalue weighted by atomic mass is 16.5. The summed E-state index contributed by atoms with van der Waals surface area (Å²) in [4.78, 5) is 31.2. The van der Waals surface area contributed by atoms with Crippen LogP contribution in [0.2, 0.25) is 0 Å². The van der Waals surface area contributed by atoms with Gasteiger partial charge < -0.3 is 25.6 Å². The maximum absolute atomic E-state index is 12.5. The monoisotopic (exact) mass is 423 g/mol. The summed E-state index contributed by atoms with van der Waals surface area (Å²) in [6, 6.07) is 10.9. The number of hydrogen-bond acceptors (Lipinski definition) is 5. The molecule has 1 aromatic carbocycles. The Bertz CT molecular complexity index is 919. The van der Waals surface area contributed by atoms with Crippen LogP contribution >= 0.6 is 0 Å². The van der Waals surface area contributed by atoms with Crippen LogP contribution in [0.4, 0.5) is 16.3 Å². The molecule has 2 aliphatic rings. The number of morpholine rings is 1. The number of nitrogens with zero attached hydrogens (tertiary/aromatic N) is 2. The van der Waals surface area contributed by atoms with Crippen molar-refractivity contribution in [3.8, 4) is 0 Å². The summed E-state index contributed by atoms with van der Waals surface area (Å²) in [7, 11) is 0. The second-order valence-corrected chi connectivity index (χ2v) is 8.32. The third-order valence-corrected chi connectivity index (χ3v) is 5.30. The number of anilines is 2. The summed E-state index contributed by atoms with van der Waals surface area (Å²) < 4.78 is 5.77. The Morgan fingerprint density at radius 3 is 2.58 bits per heavy atom. The molecule has 2 fully saturated rings. The molecular weight excluding hydrogens is 394 g/mol. The standard InChI is InChI=1S/C23H29N5O3/c1-15-13-28(14-16(2)31-15)21-9-6-17(11-24-21)12-25-22(29)18-4-3-5-20(10-18)27-23(30)26-19-7-8-19/h3-6,9-11,15-16,19H,7-8,12-14H2,1-2H3,(H,25,29)(H2,26,27,30). The van der Waals surface area contributed by atoms with Gasteiger partial charge in [-0.3, -0.25) is 4.79 Å². The fraction of sp³-hybridized carbons (Fsp3) is 0.435. The van der Waals surface area contributed by atoms with Gasteiger partial charge in [0.1, 0.15) is 5.82 Å². The highest BCUT2D eigenvalue weighted by Gasteiger charge is 2.24. The van der Waals surface area contributed by atoms with Crippen molar-refractivity contribution in [1.29, 1.82) is 0 Å². The lowest BCUT2D eigenvalue weighted by atomic mass is 10.2. The van der Waals surface area contributed by atoms with Crippen LogP contribution in [-0.4, -0.2) is 48.3 Å². The highest BCUT2D eigenvalue weighted by Crippen LogP contribution is 2.20. The van der Waals surface area contributed by atoms with Gasteiger partial charge >= 0.3 is 6.03 Å². The summed E-state index contributed by atoms with van der Waals surface area (Å²) in [5.41, 5.74) is 2.00. The van der Waals surface area contributed by atoms with E-state index in [0.717, 1.165) is 37.3 Å². The van der Waals surface area contributed by atoms with Crippen LogP contribution in [-0.2, 0) is 11.3 Å². The third kappa shape index (κ3) is 5.95. The first-order valence-corrected chi connectivity index (χ1v) is 10.8. The van der Waals surface area contributed by atoms with E-state index in [1.807, 2.05) is 12.1 Å². The molecule has 4 rings (SSSR count). The van der Waals surface area contributed by atoms with E-state index in [2.05, 4.69) is 39.7 Å². The number of ether oxygens (including phenoxy) is 1. The lowest BCUT2D eigenvalue weighted by Gasteiger charge is -2.36. The Morgan fingerprint density at radius 2 is 1.90 bits per heavy atom. The van der Waals surface area contributed by atoms with Gasteiger partial charge in [-0.1, -0.05) is 12.1 Å². The second-order valence-electron chi connectivity index (χ2n) is 8.32. The quantitative estimate of drug-likeness (QED) is 0.664. The maximum Gasteiger partial charge on any atom is 0.319 e. The molecule has 8 heteroatoms. The number of pyridine rings is 1. The number of carbonyl (C=O) groups excluding carboxylic acids is 2. The molecule has 8 nitrogen and oxygen atoms in total. The Kier molecular flexibility index (Phi) is 6.36. The van der Waals surface area contributed by atoms with Gasteiger partial charge in [0, 0.05) is 43.1 Å². The number of amides is 3. The Balaban J connectivity index is 1.30. The molecule has 2 atom stereocenters. The largest absolute Gasteiger partial charge is 0.372 e. The second kappa shape index (κ2) is 9.34. The van der Waals surface area contributed by atoms with E-state index in [1.165, 1.54) is 0 Å². The molecule has 2 heterocycles. The van der Waals surface area contributed by atoms with Gasteiger partial charge in [-0.05, 0) is 56.5 Å². The number of urea groups is 1. The maximum atomic E-state index is 12.5. The SMILES string of the molecule is CC1CN(c2ccc(CNC(=O)c3cccc(NC(=O)NC4CC4)c3)cn2)CC(C)O1. The van der Waals surface area contributed by atoms with E-state index in [-0.39, 0.29) is 30.2 Å². The lowest BCUT2D eigenvalue weighted by Crippen LogP contribution is -2.45. The molecule has 2 aromatic rings. The fourth-order valence-electron chi connectivity index (χ4n) is 3.68. The summed E-state index contributed by atoms with van der Waals surface area (Å²) in [6.07, 6.45) is 4.19. The summed E-state index contributed by atoms with van der Waals surface area (Å²) in [5, 5.41) is 8.55. The summed E-state index contributed by atoms with van der Waals surface area (Å²) >= 11 is 0. The van der Waals surface area contributed by atoms with Crippen molar-refractivity contribution < 1.29 is 14.3 Å². The van der Waals surface area contributed by atoms with Crippen molar-refractivity contribution in [3.05, 3.63) is 53.7 Å².